The fourth-order valence-corrected chi connectivity index (χ4v) is 4.60. The summed E-state index contributed by atoms with van der Waals surface area (Å²) in [5.74, 6) is 0.260. The van der Waals surface area contributed by atoms with Gasteiger partial charge >= 0.3 is 0 Å². The molecule has 0 radical (unpaired) electrons. The zero-order valence-electron chi connectivity index (χ0n) is 24.1. The number of nitrogens with one attached hydrogen (secondary N) is 2. The third-order valence-electron chi connectivity index (χ3n) is 6.86. The van der Waals surface area contributed by atoms with Crippen LogP contribution in [-0.2, 0) is 4.79 Å². The second-order valence-electron chi connectivity index (χ2n) is 9.95. The Labute approximate surface area is 259 Å². The van der Waals surface area contributed by atoms with E-state index in [0.29, 0.717) is 28.4 Å². The number of hydrogen-bond donors (Lipinski definition) is 2. The fraction of sp³-hybridized carbons (Fsp3) is 0.188. The molecule has 0 bridgehead atoms. The molecule has 1 aliphatic heterocycles. The van der Waals surface area contributed by atoms with Gasteiger partial charge in [-0.15, -0.1) is 0 Å². The Kier molecular flexibility index (Phi) is 9.54. The van der Waals surface area contributed by atoms with E-state index in [2.05, 4.69) is 37.4 Å². The highest BCUT2D eigenvalue weighted by molar-refractivity contribution is 6.31. The number of ether oxygens (including phenoxy) is 2. The van der Waals surface area contributed by atoms with Crippen molar-refractivity contribution in [3.63, 3.8) is 0 Å². The highest BCUT2D eigenvalue weighted by atomic mass is 35.5. The zero-order chi connectivity index (χ0) is 31.1. The Balaban J connectivity index is 1.28. The minimum atomic E-state index is -0.631. The minimum Gasteiger partial charge on any atom is -0.494 e. The molecule has 0 atom stereocenters. The number of carbonyl (C=O) groups excluding carboxylic acids is 1. The van der Waals surface area contributed by atoms with Crippen molar-refractivity contribution in [2.75, 3.05) is 55.9 Å². The maximum Gasteiger partial charge on any atom is 0.266 e. The molecule has 2 N–H and O–H groups in total. The van der Waals surface area contributed by atoms with Gasteiger partial charge in [0.25, 0.3) is 5.91 Å². The Morgan fingerprint density at radius 1 is 1.09 bits per heavy atom. The number of hydrogen-bond acceptors (Lipinski definition) is 9. The number of methoxy groups -OCH3 is 1. The number of nitriles is 1. The summed E-state index contributed by atoms with van der Waals surface area (Å²) >= 11 is 6.35. The van der Waals surface area contributed by atoms with Crippen molar-refractivity contribution in [2.24, 2.45) is 0 Å². The van der Waals surface area contributed by atoms with Gasteiger partial charge in [0.15, 0.2) is 0 Å². The summed E-state index contributed by atoms with van der Waals surface area (Å²) in [6.45, 7) is 3.86. The molecular formula is C32H29ClFN7O3. The molecule has 1 fully saturated rings. The summed E-state index contributed by atoms with van der Waals surface area (Å²) in [5.41, 5.74) is 2.49. The number of benzene rings is 3. The number of halogens is 2. The lowest BCUT2D eigenvalue weighted by Gasteiger charge is -2.34. The average Bonchev–Trinajstić information content (AvgIpc) is 3.03. The number of anilines is 4. The quantitative estimate of drug-likeness (QED) is 0.170. The van der Waals surface area contributed by atoms with Crippen LogP contribution in [0.3, 0.4) is 0 Å². The smallest absolute Gasteiger partial charge is 0.266 e. The molecule has 1 saturated heterocycles. The minimum absolute atomic E-state index is 0.0922. The Morgan fingerprint density at radius 2 is 1.86 bits per heavy atom. The first-order valence-corrected chi connectivity index (χ1v) is 14.1. The Hall–Kier alpha value is -5.18. The molecule has 2 heterocycles. The maximum atomic E-state index is 13.2. The van der Waals surface area contributed by atoms with Crippen LogP contribution >= 0.6 is 11.6 Å². The lowest BCUT2D eigenvalue weighted by Crippen LogP contribution is -2.44. The van der Waals surface area contributed by atoms with Crippen molar-refractivity contribution in [3.05, 3.63) is 94.9 Å². The standard InChI is InChI=1S/C32H29ClFN7O3/c1-40-12-14-41(15-13-40)25-10-11-28(29(18-25)43-2)38-32-36-20-27(33)31(39-32)44-26-5-3-4-24(17-26)37-30(42)22(19-35)16-21-6-8-23(34)9-7-21/h3-11,16-18,20H,12-15H2,1-2H3,(H,37,42)(H,36,38,39)/b22-16+. The summed E-state index contributed by atoms with van der Waals surface area (Å²) in [5, 5.41) is 15.5. The van der Waals surface area contributed by atoms with Gasteiger partial charge in [0, 0.05) is 49.7 Å². The molecule has 0 unspecified atom stereocenters. The molecule has 4 aromatic rings. The van der Waals surface area contributed by atoms with Gasteiger partial charge in [-0.2, -0.15) is 10.2 Å². The van der Waals surface area contributed by atoms with Crippen LogP contribution in [0.15, 0.2) is 78.5 Å². The number of carbonyl (C=O) groups is 1. The number of amides is 1. The second-order valence-corrected chi connectivity index (χ2v) is 10.4. The summed E-state index contributed by atoms with van der Waals surface area (Å²) in [4.78, 5) is 26.1. The van der Waals surface area contributed by atoms with Crippen molar-refractivity contribution in [1.82, 2.24) is 14.9 Å². The van der Waals surface area contributed by atoms with Crippen LogP contribution in [0.4, 0.5) is 27.4 Å². The van der Waals surface area contributed by atoms with Gasteiger partial charge in [-0.3, -0.25) is 4.79 Å². The van der Waals surface area contributed by atoms with E-state index >= 15 is 0 Å². The van der Waals surface area contributed by atoms with Crippen LogP contribution in [0, 0.1) is 17.1 Å². The Bertz CT molecular complexity index is 1720. The van der Waals surface area contributed by atoms with E-state index in [1.807, 2.05) is 24.3 Å². The van der Waals surface area contributed by atoms with Gasteiger partial charge < -0.3 is 29.9 Å². The van der Waals surface area contributed by atoms with E-state index in [9.17, 15) is 14.4 Å². The molecule has 0 aliphatic carbocycles. The van der Waals surface area contributed by atoms with Crippen molar-refractivity contribution in [2.45, 2.75) is 0 Å². The molecule has 0 spiro atoms. The van der Waals surface area contributed by atoms with Crippen LogP contribution in [0.1, 0.15) is 5.56 Å². The zero-order valence-corrected chi connectivity index (χ0v) is 24.8. The van der Waals surface area contributed by atoms with Crippen molar-refractivity contribution in [3.8, 4) is 23.4 Å². The molecule has 5 rings (SSSR count). The van der Waals surface area contributed by atoms with E-state index in [1.54, 1.807) is 31.4 Å². The highest BCUT2D eigenvalue weighted by Gasteiger charge is 2.17. The molecule has 224 valence electrons. The van der Waals surface area contributed by atoms with E-state index in [4.69, 9.17) is 21.1 Å². The second kappa shape index (κ2) is 13.9. The molecule has 44 heavy (non-hydrogen) atoms. The van der Waals surface area contributed by atoms with Crippen LogP contribution < -0.4 is 25.0 Å². The van der Waals surface area contributed by atoms with E-state index in [-0.39, 0.29) is 22.4 Å². The van der Waals surface area contributed by atoms with Crippen LogP contribution in [0.25, 0.3) is 6.08 Å². The first kappa shape index (κ1) is 30.3. The third-order valence-corrected chi connectivity index (χ3v) is 7.12. The summed E-state index contributed by atoms with van der Waals surface area (Å²) in [7, 11) is 3.72. The normalized spacial score (nSPS) is 13.6. The molecule has 12 heteroatoms. The lowest BCUT2D eigenvalue weighted by molar-refractivity contribution is -0.112. The van der Waals surface area contributed by atoms with Crippen LogP contribution in [0.5, 0.6) is 17.4 Å². The molecule has 3 aromatic carbocycles. The number of rotatable bonds is 9. The van der Waals surface area contributed by atoms with Gasteiger partial charge in [-0.1, -0.05) is 29.8 Å². The summed E-state index contributed by atoms with van der Waals surface area (Å²) < 4.78 is 24.8. The van der Waals surface area contributed by atoms with Crippen molar-refractivity contribution in [1.29, 1.82) is 5.26 Å². The van der Waals surface area contributed by atoms with Gasteiger partial charge in [0.1, 0.15) is 34.0 Å². The monoisotopic (exact) mass is 613 g/mol. The first-order chi connectivity index (χ1) is 21.3. The van der Waals surface area contributed by atoms with Gasteiger partial charge in [-0.25, -0.2) is 9.37 Å². The predicted molar refractivity (Wildman–Crippen MR) is 168 cm³/mol. The molecule has 1 aromatic heterocycles. The van der Waals surface area contributed by atoms with Gasteiger partial charge in [0.05, 0.1) is 19.0 Å². The van der Waals surface area contributed by atoms with Crippen LogP contribution in [-0.4, -0.2) is 61.1 Å². The molecule has 0 saturated carbocycles. The van der Waals surface area contributed by atoms with E-state index in [0.717, 1.165) is 31.9 Å². The SMILES string of the molecule is COc1cc(N2CCN(C)CC2)ccc1Nc1ncc(Cl)c(Oc2cccc(NC(=O)/C(C#N)=C/c3ccc(F)cc3)c2)n1. The van der Waals surface area contributed by atoms with E-state index in [1.165, 1.54) is 36.5 Å². The van der Waals surface area contributed by atoms with Crippen LogP contribution in [0.2, 0.25) is 5.02 Å². The average molecular weight is 614 g/mol. The van der Waals surface area contributed by atoms with E-state index < -0.39 is 11.7 Å². The fourth-order valence-electron chi connectivity index (χ4n) is 4.47. The molecule has 1 amide bonds. The maximum absolute atomic E-state index is 13.2. The molecule has 1 aliphatic rings. The Morgan fingerprint density at radius 3 is 2.59 bits per heavy atom. The van der Waals surface area contributed by atoms with Crippen molar-refractivity contribution >= 4 is 46.6 Å². The van der Waals surface area contributed by atoms with Crippen molar-refractivity contribution < 1.29 is 18.7 Å². The summed E-state index contributed by atoms with van der Waals surface area (Å²) in [6.07, 6.45) is 2.79. The molecular weight excluding hydrogens is 585 g/mol. The predicted octanol–water partition coefficient (Wildman–Crippen LogP) is 6.11. The number of nitrogens with zero attached hydrogens (tertiary/aromatic N) is 5. The largest absolute Gasteiger partial charge is 0.494 e. The third kappa shape index (κ3) is 7.60. The number of likely N-dealkylation sites (N-methyl/N-ethyl adjacent to an activating group) is 1. The van der Waals surface area contributed by atoms with Gasteiger partial charge in [-0.05, 0) is 55.1 Å². The number of aromatic nitrogens is 2. The number of piperazine rings is 1. The highest BCUT2D eigenvalue weighted by Crippen LogP contribution is 2.34. The molecule has 10 nitrogen and oxygen atoms in total. The topological polar surface area (TPSA) is 116 Å². The first-order valence-electron chi connectivity index (χ1n) is 13.7. The summed E-state index contributed by atoms with van der Waals surface area (Å²) in [6, 6.07) is 19.8. The lowest BCUT2D eigenvalue weighted by atomic mass is 10.1. The van der Waals surface area contributed by atoms with Gasteiger partial charge in [0.2, 0.25) is 11.8 Å².